The number of nitrogens with zero attached hydrogens (tertiary/aromatic N) is 1. The quantitative estimate of drug-likeness (QED) is 0.571. The Bertz CT molecular complexity index is 193. The molecule has 0 aromatic rings. The number of halogens is 3. The summed E-state index contributed by atoms with van der Waals surface area (Å²) in [4.78, 5) is 2.35. The molecule has 0 atom stereocenters. The minimum atomic E-state index is -4.39. The van der Waals surface area contributed by atoms with Crippen LogP contribution in [0.2, 0.25) is 0 Å². The third kappa shape index (κ3) is 2.93. The van der Waals surface area contributed by atoms with E-state index in [0.717, 1.165) is 0 Å². The van der Waals surface area contributed by atoms with Crippen molar-refractivity contribution in [3.05, 3.63) is 11.4 Å². The van der Waals surface area contributed by atoms with E-state index in [1.165, 1.54) is 0 Å². The summed E-state index contributed by atoms with van der Waals surface area (Å²) in [7, 11) is 0. The normalized spacial score (nSPS) is 9.56. The number of hydrogen-bond acceptors (Lipinski definition) is 0. The van der Waals surface area contributed by atoms with Gasteiger partial charge >= 0.3 is 63.7 Å². The molecule has 0 unspecified atom stereocenters. The molecular formula is C4H2F3NU. The van der Waals surface area contributed by atoms with Crippen LogP contribution in [0, 0.1) is 33.3 Å². The Kier molecular flexibility index (Phi) is 3.32. The van der Waals surface area contributed by atoms with Crippen molar-refractivity contribution in [1.29, 1.82) is 0 Å². The van der Waals surface area contributed by atoms with Crippen LogP contribution < -0.4 is 0 Å². The van der Waals surface area contributed by atoms with Gasteiger partial charge in [-0.2, -0.15) is 0 Å². The fourth-order valence-electron chi connectivity index (χ4n) is 0.203. The molecule has 0 amide bonds. The summed E-state index contributed by atoms with van der Waals surface area (Å²) in [6, 6.07) is 0. The first kappa shape index (κ1) is 9.07. The van der Waals surface area contributed by atoms with Gasteiger partial charge in [0.1, 0.15) is 0 Å². The Hall–Kier alpha value is 0.0719. The zero-order valence-corrected chi connectivity index (χ0v) is 8.45. The molecule has 1 nitrogen and oxygen atoms in total. The van der Waals surface area contributed by atoms with Crippen molar-refractivity contribution < 1.29 is 39.9 Å². The van der Waals surface area contributed by atoms with Crippen LogP contribution >= 0.6 is 0 Å². The second kappa shape index (κ2) is 3.29. The van der Waals surface area contributed by atoms with Gasteiger partial charge in [0, 0.05) is 0 Å². The molecule has 0 aliphatic rings. The van der Waals surface area contributed by atoms with Crippen molar-refractivity contribution in [2.75, 3.05) is 0 Å². The van der Waals surface area contributed by atoms with Gasteiger partial charge in [0.05, 0.1) is 0 Å². The van der Waals surface area contributed by atoms with Crippen LogP contribution in [0.4, 0.5) is 13.2 Å². The van der Waals surface area contributed by atoms with E-state index in [2.05, 4.69) is 8.38 Å². The van der Waals surface area contributed by atoms with E-state index in [4.69, 9.17) is 6.57 Å². The topological polar surface area (TPSA) is 4.36 Å². The van der Waals surface area contributed by atoms with Gasteiger partial charge in [-0.1, -0.05) is 0 Å². The third-order valence-electron chi connectivity index (χ3n) is 0.548. The first-order valence-corrected chi connectivity index (χ1v) is 6.89. The number of hydrogen-bond donors (Lipinski definition) is 0. The van der Waals surface area contributed by atoms with E-state index in [9.17, 15) is 13.2 Å². The van der Waals surface area contributed by atoms with Crippen LogP contribution in [-0.4, -0.2) is 12.4 Å². The second-order valence-electron chi connectivity index (χ2n) is 1.13. The maximum absolute atomic E-state index is 11.5. The summed E-state index contributed by atoms with van der Waals surface area (Å²) in [5.41, 5.74) is 0. The van der Waals surface area contributed by atoms with E-state index < -0.39 is 35.6 Å². The Morgan fingerprint density at radius 3 is 2.00 bits per heavy atom. The van der Waals surface area contributed by atoms with E-state index in [-0.39, 0.29) is 0 Å². The Balaban J connectivity index is 4.60. The fraction of sp³-hybridized carbons (Fsp3) is 0.250. The first-order valence-electron chi connectivity index (χ1n) is 1.87. The minimum absolute atomic E-state index is 0.941. The van der Waals surface area contributed by atoms with Gasteiger partial charge in [-0.05, 0) is 0 Å². The van der Waals surface area contributed by atoms with Crippen LogP contribution in [0.1, 0.15) is 0 Å². The molecule has 0 radical (unpaired) electrons. The number of alkyl halides is 3. The maximum atomic E-state index is 11.5. The summed E-state index contributed by atoms with van der Waals surface area (Å²) in [6.07, 6.45) is -4.39. The molecule has 0 aromatic carbocycles. The molecule has 0 fully saturated rings. The third-order valence-corrected chi connectivity index (χ3v) is 3.59. The SMILES string of the molecule is [C-]#[N+][C](=[U]=[CH2])C(F)(F)F. The average molecular weight is 359 g/mol. The van der Waals surface area contributed by atoms with E-state index in [1.54, 1.807) is 0 Å². The second-order valence-corrected chi connectivity index (χ2v) is 4.58. The van der Waals surface area contributed by atoms with Crippen LogP contribution in [0.15, 0.2) is 0 Å². The molecule has 0 saturated heterocycles. The van der Waals surface area contributed by atoms with Crippen molar-refractivity contribution in [2.45, 2.75) is 6.18 Å². The zero-order valence-electron chi connectivity index (χ0n) is 4.29. The summed E-state index contributed by atoms with van der Waals surface area (Å²) in [5.74, 6) is 0. The molecule has 0 heterocycles. The van der Waals surface area contributed by atoms with Crippen LogP contribution in [-0.2, 0) is 0 Å². The van der Waals surface area contributed by atoms with Gasteiger partial charge < -0.3 is 0 Å². The van der Waals surface area contributed by atoms with Crippen molar-refractivity contribution in [1.82, 2.24) is 0 Å². The molecule has 0 N–H and O–H groups in total. The zero-order chi connectivity index (χ0) is 7.49. The fourth-order valence-corrected chi connectivity index (χ4v) is 1.37. The molecule has 48 valence electrons. The molecule has 5 heteroatoms. The monoisotopic (exact) mass is 359 g/mol. The summed E-state index contributed by atoms with van der Waals surface area (Å²) in [5, 5.41) is 0. The Labute approximate surface area is 63.6 Å². The van der Waals surface area contributed by atoms with E-state index in [1.807, 2.05) is 0 Å². The average Bonchev–Trinajstić information content (AvgIpc) is 1.65. The van der Waals surface area contributed by atoms with Crippen molar-refractivity contribution in [3.8, 4) is 0 Å². The van der Waals surface area contributed by atoms with Gasteiger partial charge in [0.15, 0.2) is 0 Å². The molecule has 0 bridgehead atoms. The standard InChI is InChI=1S/C3F3N.CH2.U/c1-7-2-3(4,5)6;;/h;1H2;. The molecule has 0 spiro atoms. The van der Waals surface area contributed by atoms with Gasteiger partial charge in [-0.3, -0.25) is 0 Å². The van der Waals surface area contributed by atoms with Crippen molar-refractivity contribution in [3.63, 3.8) is 0 Å². The van der Waals surface area contributed by atoms with Crippen LogP contribution in [0.3, 0.4) is 0 Å². The molecule has 0 aliphatic carbocycles. The van der Waals surface area contributed by atoms with E-state index in [0.29, 0.717) is 0 Å². The first-order chi connectivity index (χ1) is 4.02. The molecule has 0 aromatic heterocycles. The van der Waals surface area contributed by atoms with Gasteiger partial charge in [0.2, 0.25) is 0 Å². The van der Waals surface area contributed by atoms with Crippen molar-refractivity contribution in [2.24, 2.45) is 0 Å². The van der Waals surface area contributed by atoms with Gasteiger partial charge in [-0.25, -0.2) is 0 Å². The van der Waals surface area contributed by atoms with E-state index >= 15 is 0 Å². The molecule has 0 saturated carbocycles. The predicted molar refractivity (Wildman–Crippen MR) is 24.8 cm³/mol. The molecular weight excluding hydrogens is 357 g/mol. The summed E-state index contributed by atoms with van der Waals surface area (Å²) in [6.45, 7) is 6.10. The summed E-state index contributed by atoms with van der Waals surface area (Å²) < 4.78 is 36.7. The van der Waals surface area contributed by atoms with Crippen LogP contribution in [0.25, 0.3) is 4.85 Å². The molecule has 9 heavy (non-hydrogen) atoms. The van der Waals surface area contributed by atoms with Crippen molar-refractivity contribution >= 4 is 6.18 Å². The van der Waals surface area contributed by atoms with Crippen LogP contribution in [0.5, 0.6) is 0 Å². The molecule has 0 rings (SSSR count). The predicted octanol–water partition coefficient (Wildman–Crippen LogP) is 1.11. The van der Waals surface area contributed by atoms with Gasteiger partial charge in [-0.15, -0.1) is 0 Å². The Morgan fingerprint density at radius 1 is 1.56 bits per heavy atom. The van der Waals surface area contributed by atoms with Gasteiger partial charge in [0.25, 0.3) is 0 Å². The Morgan fingerprint density at radius 2 is 2.00 bits per heavy atom. The molecule has 0 aliphatic heterocycles. The number of rotatable bonds is 0. The summed E-state index contributed by atoms with van der Waals surface area (Å²) >= 11 is -2.14.